The van der Waals surface area contributed by atoms with Crippen molar-refractivity contribution in [1.82, 2.24) is 5.32 Å². The molecule has 8 heteroatoms. The lowest BCUT2D eigenvalue weighted by molar-refractivity contribution is 0.0861. The highest BCUT2D eigenvalue weighted by atomic mass is 32.2. The van der Waals surface area contributed by atoms with E-state index in [0.29, 0.717) is 23.7 Å². The summed E-state index contributed by atoms with van der Waals surface area (Å²) in [7, 11) is -3.32. The molecule has 0 saturated carbocycles. The molecule has 1 atom stereocenters. The minimum Gasteiger partial charge on any atom is -0.376 e. The van der Waals surface area contributed by atoms with Gasteiger partial charge in [-0.3, -0.25) is 9.10 Å². The van der Waals surface area contributed by atoms with Crippen LogP contribution in [0.4, 0.5) is 5.69 Å². The van der Waals surface area contributed by atoms with Gasteiger partial charge in [-0.25, -0.2) is 8.42 Å². The van der Waals surface area contributed by atoms with Crippen LogP contribution in [0.25, 0.3) is 10.1 Å². The number of thiophene rings is 1. The molecule has 1 saturated heterocycles. The van der Waals surface area contributed by atoms with Crippen molar-refractivity contribution < 1.29 is 17.9 Å². The maximum Gasteiger partial charge on any atom is 0.261 e. The molecule has 0 spiro atoms. The maximum atomic E-state index is 12.3. The number of nitrogens with one attached hydrogen (secondary N) is 1. The fourth-order valence-electron chi connectivity index (χ4n) is 3.01. The van der Waals surface area contributed by atoms with E-state index in [1.54, 1.807) is 13.0 Å². The second kappa shape index (κ2) is 7.31. The van der Waals surface area contributed by atoms with Crippen LogP contribution in [-0.2, 0) is 14.8 Å². The van der Waals surface area contributed by atoms with Gasteiger partial charge in [-0.05, 0) is 49.4 Å². The summed E-state index contributed by atoms with van der Waals surface area (Å²) in [6.07, 6.45) is 3.32. The number of nitrogens with zero attached hydrogens (tertiary/aromatic N) is 1. The third-order valence-corrected chi connectivity index (χ3v) is 6.60. The molecule has 0 bridgehead atoms. The van der Waals surface area contributed by atoms with Gasteiger partial charge in [-0.15, -0.1) is 11.3 Å². The van der Waals surface area contributed by atoms with Crippen molar-refractivity contribution in [2.75, 3.05) is 30.3 Å². The summed E-state index contributed by atoms with van der Waals surface area (Å²) in [5, 5.41) is 3.78. The van der Waals surface area contributed by atoms with Gasteiger partial charge in [0.2, 0.25) is 10.0 Å². The van der Waals surface area contributed by atoms with E-state index in [4.69, 9.17) is 4.74 Å². The number of hydrogen-bond donors (Lipinski definition) is 1. The lowest BCUT2D eigenvalue weighted by Gasteiger charge is -2.20. The Hall–Kier alpha value is -1.64. The van der Waals surface area contributed by atoms with Crippen LogP contribution in [0.1, 0.15) is 29.4 Å². The van der Waals surface area contributed by atoms with Crippen LogP contribution in [0.2, 0.25) is 0 Å². The van der Waals surface area contributed by atoms with Gasteiger partial charge in [0, 0.05) is 24.4 Å². The Balaban J connectivity index is 1.78. The van der Waals surface area contributed by atoms with Gasteiger partial charge in [0.25, 0.3) is 5.91 Å². The fourth-order valence-corrected chi connectivity index (χ4v) is 4.93. The summed E-state index contributed by atoms with van der Waals surface area (Å²) in [4.78, 5) is 13.0. The summed E-state index contributed by atoms with van der Waals surface area (Å²) in [5.41, 5.74) is 0.613. The topological polar surface area (TPSA) is 75.7 Å². The van der Waals surface area contributed by atoms with Crippen LogP contribution in [0.3, 0.4) is 0 Å². The highest BCUT2D eigenvalue weighted by Crippen LogP contribution is 2.30. The number of benzene rings is 1. The molecule has 2 aromatic rings. The number of carbonyl (C=O) groups is 1. The Morgan fingerprint density at radius 1 is 1.40 bits per heavy atom. The van der Waals surface area contributed by atoms with Crippen LogP contribution in [0.15, 0.2) is 24.3 Å². The molecule has 1 unspecified atom stereocenters. The predicted molar refractivity (Wildman–Crippen MR) is 101 cm³/mol. The molecule has 1 amide bonds. The lowest BCUT2D eigenvalue weighted by Crippen LogP contribution is -2.31. The predicted octanol–water partition coefficient (Wildman–Crippen LogP) is 2.60. The van der Waals surface area contributed by atoms with E-state index in [-0.39, 0.29) is 12.0 Å². The van der Waals surface area contributed by atoms with Crippen LogP contribution < -0.4 is 9.62 Å². The third kappa shape index (κ3) is 4.13. The molecule has 1 aromatic carbocycles. The molecule has 2 heterocycles. The zero-order chi connectivity index (χ0) is 18.0. The van der Waals surface area contributed by atoms with Crippen molar-refractivity contribution in [3.8, 4) is 0 Å². The first-order chi connectivity index (χ1) is 11.9. The fraction of sp³-hybridized carbons (Fsp3) is 0.471. The Bertz CT molecular complexity index is 870. The smallest absolute Gasteiger partial charge is 0.261 e. The second-order valence-electron chi connectivity index (χ2n) is 6.11. The molecular weight excluding hydrogens is 360 g/mol. The van der Waals surface area contributed by atoms with E-state index in [1.165, 1.54) is 21.9 Å². The maximum absolute atomic E-state index is 12.3. The standard InChI is InChI=1S/C17H22N2O4S2/c1-3-19(25(2,21)22)13-6-7-15-12(9-13)10-16(24-15)17(20)18-11-14-5-4-8-23-14/h6-7,9-10,14H,3-5,8,11H2,1-2H3,(H,18,20). The highest BCUT2D eigenvalue weighted by molar-refractivity contribution is 7.92. The average Bonchev–Trinajstić information content (AvgIpc) is 3.20. The van der Waals surface area contributed by atoms with Gasteiger partial charge in [0.15, 0.2) is 0 Å². The van der Waals surface area contributed by atoms with Gasteiger partial charge >= 0.3 is 0 Å². The van der Waals surface area contributed by atoms with Crippen LogP contribution >= 0.6 is 11.3 Å². The molecular formula is C17H22N2O4S2. The minimum absolute atomic E-state index is 0.109. The van der Waals surface area contributed by atoms with Crippen molar-refractivity contribution >= 4 is 43.0 Å². The Labute approximate surface area is 151 Å². The number of fused-ring (bicyclic) bond motifs is 1. The Morgan fingerprint density at radius 3 is 2.84 bits per heavy atom. The highest BCUT2D eigenvalue weighted by Gasteiger charge is 2.19. The minimum atomic E-state index is -3.32. The number of carbonyl (C=O) groups excluding carboxylic acids is 1. The zero-order valence-corrected chi connectivity index (χ0v) is 16.0. The van der Waals surface area contributed by atoms with Crippen LogP contribution in [0, 0.1) is 0 Å². The molecule has 1 aromatic heterocycles. The van der Waals surface area contributed by atoms with E-state index in [2.05, 4.69) is 5.32 Å². The Morgan fingerprint density at radius 2 is 2.20 bits per heavy atom. The molecule has 0 radical (unpaired) electrons. The van der Waals surface area contributed by atoms with Crippen molar-refractivity contribution in [2.45, 2.75) is 25.9 Å². The normalized spacial score (nSPS) is 17.8. The van der Waals surface area contributed by atoms with Gasteiger partial charge in [-0.1, -0.05) is 0 Å². The molecule has 1 N–H and O–H groups in total. The van der Waals surface area contributed by atoms with Gasteiger partial charge in [-0.2, -0.15) is 0 Å². The van der Waals surface area contributed by atoms with E-state index in [9.17, 15) is 13.2 Å². The SMILES string of the molecule is CCN(c1ccc2sc(C(=O)NCC3CCCO3)cc2c1)S(C)(=O)=O. The molecule has 1 fully saturated rings. The van der Waals surface area contributed by atoms with Gasteiger partial charge in [0.1, 0.15) is 0 Å². The van der Waals surface area contributed by atoms with Crippen LogP contribution in [-0.4, -0.2) is 46.4 Å². The van der Waals surface area contributed by atoms with E-state index in [1.807, 2.05) is 18.2 Å². The van der Waals surface area contributed by atoms with Gasteiger partial charge < -0.3 is 10.1 Å². The third-order valence-electron chi connectivity index (χ3n) is 4.21. The quantitative estimate of drug-likeness (QED) is 0.833. The molecule has 1 aliphatic rings. The lowest BCUT2D eigenvalue weighted by atomic mass is 10.2. The first kappa shape index (κ1) is 18.2. The molecule has 25 heavy (non-hydrogen) atoms. The van der Waals surface area contributed by atoms with Gasteiger partial charge in [0.05, 0.1) is 22.9 Å². The van der Waals surface area contributed by atoms with E-state index >= 15 is 0 Å². The van der Waals surface area contributed by atoms with Crippen molar-refractivity contribution in [3.63, 3.8) is 0 Å². The number of anilines is 1. The summed E-state index contributed by atoms with van der Waals surface area (Å²) in [5.74, 6) is -0.117. The Kier molecular flexibility index (Phi) is 5.31. The van der Waals surface area contributed by atoms with Crippen molar-refractivity contribution in [1.29, 1.82) is 0 Å². The molecule has 0 aliphatic carbocycles. The van der Waals surface area contributed by atoms with Crippen molar-refractivity contribution in [3.05, 3.63) is 29.1 Å². The monoisotopic (exact) mass is 382 g/mol. The first-order valence-electron chi connectivity index (χ1n) is 8.29. The molecule has 136 valence electrons. The second-order valence-corrected chi connectivity index (χ2v) is 9.10. The number of sulfonamides is 1. The molecule has 3 rings (SSSR count). The first-order valence-corrected chi connectivity index (χ1v) is 11.0. The summed E-state index contributed by atoms with van der Waals surface area (Å²) >= 11 is 1.40. The number of rotatable bonds is 6. The number of ether oxygens (including phenoxy) is 1. The molecule has 6 nitrogen and oxygen atoms in total. The van der Waals surface area contributed by atoms with E-state index < -0.39 is 10.0 Å². The van der Waals surface area contributed by atoms with E-state index in [0.717, 1.165) is 29.5 Å². The zero-order valence-electron chi connectivity index (χ0n) is 14.3. The largest absolute Gasteiger partial charge is 0.376 e. The van der Waals surface area contributed by atoms with Crippen molar-refractivity contribution in [2.24, 2.45) is 0 Å². The average molecular weight is 383 g/mol. The summed E-state index contributed by atoms with van der Waals surface area (Å²) in [6.45, 7) is 3.45. The molecule has 1 aliphatic heterocycles. The summed E-state index contributed by atoms with van der Waals surface area (Å²) in [6, 6.07) is 7.26. The van der Waals surface area contributed by atoms with Crippen LogP contribution in [0.5, 0.6) is 0 Å². The number of amides is 1. The summed E-state index contributed by atoms with van der Waals surface area (Å²) < 4.78 is 31.6. The number of hydrogen-bond acceptors (Lipinski definition) is 5.